The number of amides is 1. The van der Waals surface area contributed by atoms with Gasteiger partial charge < -0.3 is 19.4 Å². The molecule has 0 aliphatic carbocycles. The lowest BCUT2D eigenvalue weighted by Crippen LogP contribution is -2.50. The SMILES string of the molecule is O=C([C@H]1Cc2ccccc2CN1)N1CCc2oc(C3CCOCC3)nc2C1. The minimum Gasteiger partial charge on any atom is -0.445 e. The first-order chi connectivity index (χ1) is 13.3. The third-order valence-corrected chi connectivity index (χ3v) is 6.01. The molecule has 3 aliphatic rings. The number of aromatic nitrogens is 1. The van der Waals surface area contributed by atoms with Crippen molar-refractivity contribution in [2.75, 3.05) is 19.8 Å². The summed E-state index contributed by atoms with van der Waals surface area (Å²) in [6.45, 7) is 3.56. The molecule has 0 saturated carbocycles. The highest BCUT2D eigenvalue weighted by atomic mass is 16.5. The van der Waals surface area contributed by atoms with E-state index in [-0.39, 0.29) is 11.9 Å². The fraction of sp³-hybridized carbons (Fsp3) is 0.524. The second-order valence-corrected chi connectivity index (χ2v) is 7.72. The zero-order valence-corrected chi connectivity index (χ0v) is 15.4. The Kier molecular flexibility index (Phi) is 4.45. The van der Waals surface area contributed by atoms with Gasteiger partial charge in [-0.05, 0) is 30.4 Å². The summed E-state index contributed by atoms with van der Waals surface area (Å²) in [4.78, 5) is 19.8. The number of carbonyl (C=O) groups excluding carboxylic acids is 1. The van der Waals surface area contributed by atoms with Crippen LogP contribution in [-0.4, -0.2) is 41.6 Å². The van der Waals surface area contributed by atoms with Crippen molar-refractivity contribution in [3.8, 4) is 0 Å². The van der Waals surface area contributed by atoms with Crippen molar-refractivity contribution in [3.05, 3.63) is 52.7 Å². The van der Waals surface area contributed by atoms with Crippen LogP contribution < -0.4 is 5.32 Å². The fourth-order valence-corrected chi connectivity index (χ4v) is 4.38. The van der Waals surface area contributed by atoms with Crippen molar-refractivity contribution in [3.63, 3.8) is 0 Å². The van der Waals surface area contributed by atoms with Gasteiger partial charge in [0.1, 0.15) is 11.5 Å². The average molecular weight is 367 g/mol. The smallest absolute Gasteiger partial charge is 0.240 e. The first-order valence-electron chi connectivity index (χ1n) is 9.93. The third-order valence-electron chi connectivity index (χ3n) is 6.01. The number of rotatable bonds is 2. The summed E-state index contributed by atoms with van der Waals surface area (Å²) in [7, 11) is 0. The number of fused-ring (bicyclic) bond motifs is 2. The van der Waals surface area contributed by atoms with Gasteiger partial charge in [-0.15, -0.1) is 0 Å². The molecule has 27 heavy (non-hydrogen) atoms. The van der Waals surface area contributed by atoms with E-state index in [0.717, 1.165) is 62.8 Å². The van der Waals surface area contributed by atoms with Gasteiger partial charge in [-0.1, -0.05) is 24.3 Å². The van der Waals surface area contributed by atoms with E-state index in [0.29, 0.717) is 19.0 Å². The van der Waals surface area contributed by atoms with Crippen LogP contribution in [0.25, 0.3) is 0 Å². The average Bonchev–Trinajstić information content (AvgIpc) is 3.17. The number of carbonyl (C=O) groups is 1. The van der Waals surface area contributed by atoms with E-state index in [1.54, 1.807) is 0 Å². The van der Waals surface area contributed by atoms with Crippen molar-refractivity contribution in [2.45, 2.75) is 50.7 Å². The Morgan fingerprint density at radius 1 is 1.19 bits per heavy atom. The van der Waals surface area contributed by atoms with Crippen LogP contribution >= 0.6 is 0 Å². The molecule has 142 valence electrons. The zero-order chi connectivity index (χ0) is 18.2. The van der Waals surface area contributed by atoms with E-state index in [1.807, 2.05) is 11.0 Å². The second kappa shape index (κ2) is 7.09. The lowest BCUT2D eigenvalue weighted by molar-refractivity contribution is -0.134. The van der Waals surface area contributed by atoms with Crippen molar-refractivity contribution >= 4 is 5.91 Å². The molecule has 0 spiro atoms. The molecular formula is C21H25N3O3. The molecule has 2 aromatic rings. The summed E-state index contributed by atoms with van der Waals surface area (Å²) < 4.78 is 11.5. The van der Waals surface area contributed by atoms with Gasteiger partial charge in [0.2, 0.25) is 5.91 Å². The quantitative estimate of drug-likeness (QED) is 0.881. The summed E-state index contributed by atoms with van der Waals surface area (Å²) in [5, 5.41) is 3.40. The number of nitrogens with one attached hydrogen (secondary N) is 1. The Hall–Kier alpha value is -2.18. The molecule has 1 aromatic carbocycles. The van der Waals surface area contributed by atoms with Crippen molar-refractivity contribution in [1.29, 1.82) is 0 Å². The van der Waals surface area contributed by atoms with E-state index < -0.39 is 0 Å². The van der Waals surface area contributed by atoms with Crippen LogP contribution in [-0.2, 0) is 35.5 Å². The van der Waals surface area contributed by atoms with Crippen molar-refractivity contribution in [1.82, 2.24) is 15.2 Å². The number of hydrogen-bond acceptors (Lipinski definition) is 5. The topological polar surface area (TPSA) is 67.6 Å². The maximum Gasteiger partial charge on any atom is 0.240 e. The van der Waals surface area contributed by atoms with Crippen LogP contribution in [0.2, 0.25) is 0 Å². The van der Waals surface area contributed by atoms with Crippen LogP contribution in [0.4, 0.5) is 0 Å². The van der Waals surface area contributed by atoms with E-state index in [1.165, 1.54) is 11.1 Å². The van der Waals surface area contributed by atoms with Gasteiger partial charge in [0.15, 0.2) is 5.89 Å². The van der Waals surface area contributed by atoms with Gasteiger partial charge in [0.05, 0.1) is 12.6 Å². The van der Waals surface area contributed by atoms with Gasteiger partial charge in [-0.2, -0.15) is 0 Å². The Labute approximate surface area is 158 Å². The largest absolute Gasteiger partial charge is 0.445 e. The maximum atomic E-state index is 13.1. The van der Waals surface area contributed by atoms with E-state index in [4.69, 9.17) is 14.1 Å². The van der Waals surface area contributed by atoms with Gasteiger partial charge >= 0.3 is 0 Å². The Balaban J connectivity index is 1.28. The molecule has 1 aromatic heterocycles. The molecule has 1 atom stereocenters. The summed E-state index contributed by atoms with van der Waals surface area (Å²) in [6.07, 6.45) is 3.44. The molecule has 0 radical (unpaired) electrons. The highest BCUT2D eigenvalue weighted by Crippen LogP contribution is 2.30. The molecule has 6 nitrogen and oxygen atoms in total. The maximum absolute atomic E-state index is 13.1. The Morgan fingerprint density at radius 2 is 2.00 bits per heavy atom. The molecular weight excluding hydrogens is 342 g/mol. The molecule has 0 bridgehead atoms. The predicted molar refractivity (Wildman–Crippen MR) is 99.2 cm³/mol. The van der Waals surface area contributed by atoms with Gasteiger partial charge in [0, 0.05) is 38.6 Å². The highest BCUT2D eigenvalue weighted by molar-refractivity contribution is 5.82. The second-order valence-electron chi connectivity index (χ2n) is 7.72. The molecule has 1 fully saturated rings. The molecule has 5 rings (SSSR count). The summed E-state index contributed by atoms with van der Waals surface area (Å²) in [6, 6.07) is 8.20. The predicted octanol–water partition coefficient (Wildman–Crippen LogP) is 2.17. The van der Waals surface area contributed by atoms with Crippen molar-refractivity contribution in [2.24, 2.45) is 0 Å². The number of benzene rings is 1. The minimum absolute atomic E-state index is 0.150. The molecule has 0 unspecified atom stereocenters. The highest BCUT2D eigenvalue weighted by Gasteiger charge is 2.32. The number of hydrogen-bond donors (Lipinski definition) is 1. The van der Waals surface area contributed by atoms with Crippen LogP contribution in [0.3, 0.4) is 0 Å². The van der Waals surface area contributed by atoms with Crippen LogP contribution in [0.1, 0.15) is 47.2 Å². The zero-order valence-electron chi connectivity index (χ0n) is 15.4. The number of oxazole rings is 1. The van der Waals surface area contributed by atoms with Crippen LogP contribution in [0.15, 0.2) is 28.7 Å². The molecule has 6 heteroatoms. The summed E-state index contributed by atoms with van der Waals surface area (Å²) >= 11 is 0. The van der Waals surface area contributed by atoms with Crippen LogP contribution in [0.5, 0.6) is 0 Å². The first-order valence-corrected chi connectivity index (χ1v) is 9.93. The molecule has 3 aliphatic heterocycles. The molecule has 1 N–H and O–H groups in total. The third kappa shape index (κ3) is 3.28. The Morgan fingerprint density at radius 3 is 2.85 bits per heavy atom. The minimum atomic E-state index is -0.150. The van der Waals surface area contributed by atoms with Crippen molar-refractivity contribution < 1.29 is 13.9 Å². The first kappa shape index (κ1) is 17.0. The molecule has 4 heterocycles. The lowest BCUT2D eigenvalue weighted by atomic mass is 9.95. The van der Waals surface area contributed by atoms with Gasteiger partial charge in [0.25, 0.3) is 0 Å². The molecule has 1 saturated heterocycles. The monoisotopic (exact) mass is 367 g/mol. The fourth-order valence-electron chi connectivity index (χ4n) is 4.38. The molecule has 1 amide bonds. The number of nitrogens with zero attached hydrogens (tertiary/aromatic N) is 2. The summed E-state index contributed by atoms with van der Waals surface area (Å²) in [5.74, 6) is 2.32. The van der Waals surface area contributed by atoms with Gasteiger partial charge in [-0.25, -0.2) is 4.98 Å². The van der Waals surface area contributed by atoms with Crippen LogP contribution in [0, 0.1) is 0 Å². The standard InChI is InChI=1S/C21H25N3O3/c25-21(17-11-15-3-1-2-4-16(15)12-22-17)24-8-5-19-18(13-24)23-20(27-19)14-6-9-26-10-7-14/h1-4,14,17,22H,5-13H2/t17-/m1/s1. The van der Waals surface area contributed by atoms with E-state index >= 15 is 0 Å². The van der Waals surface area contributed by atoms with E-state index in [9.17, 15) is 4.79 Å². The Bertz CT molecular complexity index is 841. The van der Waals surface area contributed by atoms with Gasteiger partial charge in [-0.3, -0.25) is 4.79 Å². The number of ether oxygens (including phenoxy) is 1. The lowest BCUT2D eigenvalue weighted by Gasteiger charge is -2.32. The van der Waals surface area contributed by atoms with E-state index in [2.05, 4.69) is 23.5 Å². The summed E-state index contributed by atoms with van der Waals surface area (Å²) in [5.41, 5.74) is 3.50. The normalized spacial score (nSPS) is 23.0.